The summed E-state index contributed by atoms with van der Waals surface area (Å²) in [6.07, 6.45) is 2.62. The smallest absolute Gasteiger partial charge is 0.131 e. The van der Waals surface area contributed by atoms with Crippen molar-refractivity contribution < 1.29 is 0 Å². The highest BCUT2D eigenvalue weighted by Crippen LogP contribution is 2.44. The number of thiophene rings is 1. The molecule has 0 aliphatic heterocycles. The monoisotopic (exact) mass is 209 g/mol. The molecule has 0 N–H and O–H groups in total. The molecule has 13 heavy (non-hydrogen) atoms. The molecule has 66 valence electrons. The van der Waals surface area contributed by atoms with Crippen LogP contribution < -0.4 is 0 Å². The zero-order valence-corrected chi connectivity index (χ0v) is 8.53. The molecule has 1 saturated carbocycles. The first-order valence-corrected chi connectivity index (χ1v) is 5.64. The molecule has 0 unspecified atom stereocenters. The summed E-state index contributed by atoms with van der Waals surface area (Å²) in [5.41, 5.74) is 1.40. The van der Waals surface area contributed by atoms with Gasteiger partial charge in [0.1, 0.15) is 9.98 Å². The lowest BCUT2D eigenvalue weighted by Crippen LogP contribution is -1.83. The lowest BCUT2D eigenvalue weighted by Gasteiger charge is -2.00. The summed E-state index contributed by atoms with van der Waals surface area (Å²) in [7, 11) is 0. The van der Waals surface area contributed by atoms with Crippen LogP contribution in [0.5, 0.6) is 0 Å². The van der Waals surface area contributed by atoms with E-state index in [-0.39, 0.29) is 0 Å². The van der Waals surface area contributed by atoms with E-state index in [1.165, 1.54) is 23.8 Å². The van der Waals surface area contributed by atoms with Gasteiger partial charge in [-0.15, -0.1) is 11.3 Å². The first kappa shape index (κ1) is 7.77. The molecular weight excluding hydrogens is 202 g/mol. The molecule has 2 heterocycles. The normalized spacial score (nSPS) is 16.7. The number of nitrogens with zero attached hydrogens (tertiary/aromatic N) is 1. The molecule has 0 saturated heterocycles. The van der Waals surface area contributed by atoms with Gasteiger partial charge >= 0.3 is 0 Å². The highest BCUT2D eigenvalue weighted by atomic mass is 35.5. The van der Waals surface area contributed by atoms with Gasteiger partial charge in [-0.2, -0.15) is 0 Å². The van der Waals surface area contributed by atoms with Gasteiger partial charge in [0.2, 0.25) is 0 Å². The summed E-state index contributed by atoms with van der Waals surface area (Å²) in [4.78, 5) is 5.37. The molecule has 3 heteroatoms. The van der Waals surface area contributed by atoms with E-state index in [1.54, 1.807) is 11.3 Å². The van der Waals surface area contributed by atoms with E-state index in [4.69, 9.17) is 11.6 Å². The Balaban J connectivity index is 2.33. The van der Waals surface area contributed by atoms with Gasteiger partial charge in [-0.25, -0.2) is 4.98 Å². The number of hydrogen-bond donors (Lipinski definition) is 0. The minimum absolute atomic E-state index is 0.636. The standard InChI is InChI=1S/C10H8ClNS/c11-9-5-8(6-1-2-6)7-3-4-13-10(7)12-9/h3-6H,1-2H2. The van der Waals surface area contributed by atoms with Gasteiger partial charge in [-0.1, -0.05) is 11.6 Å². The minimum Gasteiger partial charge on any atom is -0.225 e. The summed E-state index contributed by atoms with van der Waals surface area (Å²) in [6.45, 7) is 0. The molecule has 1 nitrogen and oxygen atoms in total. The Morgan fingerprint density at radius 2 is 2.31 bits per heavy atom. The van der Waals surface area contributed by atoms with Crippen LogP contribution >= 0.6 is 22.9 Å². The Kier molecular flexibility index (Phi) is 1.61. The molecule has 0 atom stereocenters. The van der Waals surface area contributed by atoms with Gasteiger partial charge in [-0.05, 0) is 41.8 Å². The summed E-state index contributed by atoms with van der Waals surface area (Å²) in [6, 6.07) is 4.17. The van der Waals surface area contributed by atoms with Gasteiger partial charge in [0, 0.05) is 5.39 Å². The van der Waals surface area contributed by atoms with Crippen LogP contribution in [0.4, 0.5) is 0 Å². The van der Waals surface area contributed by atoms with E-state index in [2.05, 4.69) is 16.4 Å². The third-order valence-electron chi connectivity index (χ3n) is 2.46. The lowest BCUT2D eigenvalue weighted by molar-refractivity contribution is 1.14. The van der Waals surface area contributed by atoms with E-state index < -0.39 is 0 Å². The third kappa shape index (κ3) is 1.25. The maximum Gasteiger partial charge on any atom is 0.131 e. The predicted molar refractivity (Wildman–Crippen MR) is 56.6 cm³/mol. The van der Waals surface area contributed by atoms with Crippen molar-refractivity contribution in [1.82, 2.24) is 4.98 Å². The number of hydrogen-bond acceptors (Lipinski definition) is 2. The predicted octanol–water partition coefficient (Wildman–Crippen LogP) is 3.83. The second-order valence-electron chi connectivity index (χ2n) is 3.45. The first-order chi connectivity index (χ1) is 6.34. The number of pyridine rings is 1. The van der Waals surface area contributed by atoms with Crippen molar-refractivity contribution in [1.29, 1.82) is 0 Å². The van der Waals surface area contributed by atoms with Gasteiger partial charge in [0.15, 0.2) is 0 Å². The van der Waals surface area contributed by atoms with Crippen LogP contribution in [-0.4, -0.2) is 4.98 Å². The van der Waals surface area contributed by atoms with Crippen molar-refractivity contribution in [3.8, 4) is 0 Å². The number of rotatable bonds is 1. The topological polar surface area (TPSA) is 12.9 Å². The van der Waals surface area contributed by atoms with Crippen LogP contribution in [0.3, 0.4) is 0 Å². The maximum absolute atomic E-state index is 5.95. The average molecular weight is 210 g/mol. The van der Waals surface area contributed by atoms with Crippen LogP contribution in [0.2, 0.25) is 5.15 Å². The highest BCUT2D eigenvalue weighted by molar-refractivity contribution is 7.16. The van der Waals surface area contributed by atoms with Crippen LogP contribution in [0.25, 0.3) is 10.2 Å². The van der Waals surface area contributed by atoms with Crippen molar-refractivity contribution in [3.05, 3.63) is 28.2 Å². The molecule has 1 aliphatic carbocycles. The molecule has 2 aromatic rings. The summed E-state index contributed by atoms with van der Waals surface area (Å²) in [5, 5.41) is 4.02. The first-order valence-electron chi connectivity index (χ1n) is 4.38. The summed E-state index contributed by atoms with van der Waals surface area (Å²) in [5.74, 6) is 0.748. The SMILES string of the molecule is Clc1cc(C2CC2)c2ccsc2n1. The molecule has 1 aliphatic rings. The van der Waals surface area contributed by atoms with Crippen LogP contribution in [-0.2, 0) is 0 Å². The number of aromatic nitrogens is 1. The zero-order valence-electron chi connectivity index (χ0n) is 6.96. The van der Waals surface area contributed by atoms with Crippen molar-refractivity contribution >= 4 is 33.2 Å². The number of halogens is 1. The second kappa shape index (κ2) is 2.69. The molecule has 0 amide bonds. The Bertz CT molecular complexity index is 459. The van der Waals surface area contributed by atoms with Gasteiger partial charge < -0.3 is 0 Å². The van der Waals surface area contributed by atoms with Gasteiger partial charge in [-0.3, -0.25) is 0 Å². The van der Waals surface area contributed by atoms with Crippen molar-refractivity contribution in [2.75, 3.05) is 0 Å². The average Bonchev–Trinajstić information content (AvgIpc) is 2.84. The Morgan fingerprint density at radius 3 is 3.08 bits per heavy atom. The van der Waals surface area contributed by atoms with Crippen molar-refractivity contribution in [2.24, 2.45) is 0 Å². The van der Waals surface area contributed by atoms with Gasteiger partial charge in [0.25, 0.3) is 0 Å². The van der Waals surface area contributed by atoms with Crippen LogP contribution in [0.1, 0.15) is 24.3 Å². The van der Waals surface area contributed by atoms with E-state index >= 15 is 0 Å². The molecule has 0 radical (unpaired) electrons. The zero-order chi connectivity index (χ0) is 8.84. The van der Waals surface area contributed by atoms with E-state index in [1.807, 2.05) is 6.07 Å². The maximum atomic E-state index is 5.95. The Hall–Kier alpha value is -0.600. The molecule has 3 rings (SSSR count). The van der Waals surface area contributed by atoms with Gasteiger partial charge in [0.05, 0.1) is 0 Å². The summed E-state index contributed by atoms with van der Waals surface area (Å²) >= 11 is 7.61. The second-order valence-corrected chi connectivity index (χ2v) is 4.73. The highest BCUT2D eigenvalue weighted by Gasteiger charge is 2.26. The van der Waals surface area contributed by atoms with Crippen molar-refractivity contribution in [2.45, 2.75) is 18.8 Å². The minimum atomic E-state index is 0.636. The fraction of sp³-hybridized carbons (Fsp3) is 0.300. The molecule has 0 bridgehead atoms. The number of fused-ring (bicyclic) bond motifs is 1. The largest absolute Gasteiger partial charge is 0.225 e. The van der Waals surface area contributed by atoms with E-state index in [0.717, 1.165) is 10.7 Å². The molecular formula is C10H8ClNS. The Labute approximate surface area is 85.4 Å². The third-order valence-corrected chi connectivity index (χ3v) is 3.46. The van der Waals surface area contributed by atoms with E-state index in [0.29, 0.717) is 5.15 Å². The van der Waals surface area contributed by atoms with E-state index in [9.17, 15) is 0 Å². The molecule has 2 aromatic heterocycles. The fourth-order valence-corrected chi connectivity index (χ4v) is 2.72. The fourth-order valence-electron chi connectivity index (χ4n) is 1.68. The molecule has 0 spiro atoms. The van der Waals surface area contributed by atoms with Crippen molar-refractivity contribution in [3.63, 3.8) is 0 Å². The summed E-state index contributed by atoms with van der Waals surface area (Å²) < 4.78 is 0. The van der Waals surface area contributed by atoms with Crippen LogP contribution in [0, 0.1) is 0 Å². The Morgan fingerprint density at radius 1 is 1.46 bits per heavy atom. The lowest BCUT2D eigenvalue weighted by atomic mass is 10.1. The molecule has 1 fully saturated rings. The quantitative estimate of drug-likeness (QED) is 0.651. The molecule has 0 aromatic carbocycles. The van der Waals surface area contributed by atoms with Crippen LogP contribution in [0.15, 0.2) is 17.5 Å².